The van der Waals surface area contributed by atoms with Gasteiger partial charge in [-0.15, -0.1) is 0 Å². The Bertz CT molecular complexity index is 451. The van der Waals surface area contributed by atoms with Gasteiger partial charge < -0.3 is 10.2 Å². The molecule has 0 bridgehead atoms. The van der Waals surface area contributed by atoms with E-state index in [4.69, 9.17) is 11.6 Å². The van der Waals surface area contributed by atoms with Crippen molar-refractivity contribution in [3.63, 3.8) is 0 Å². The Morgan fingerprint density at radius 1 is 1.33 bits per heavy atom. The van der Waals surface area contributed by atoms with Crippen molar-refractivity contribution >= 4 is 17.5 Å². The molecule has 1 N–H and O–H groups in total. The fourth-order valence-electron chi connectivity index (χ4n) is 2.49. The summed E-state index contributed by atoms with van der Waals surface area (Å²) in [5.74, 6) is 0.0789. The molecule has 1 saturated heterocycles. The second-order valence-corrected chi connectivity index (χ2v) is 5.57. The van der Waals surface area contributed by atoms with Crippen molar-refractivity contribution in [2.75, 3.05) is 13.1 Å². The highest BCUT2D eigenvalue weighted by molar-refractivity contribution is 6.31. The maximum absolute atomic E-state index is 12.5. The van der Waals surface area contributed by atoms with E-state index in [1.165, 1.54) is 0 Å². The van der Waals surface area contributed by atoms with Crippen LogP contribution in [0.2, 0.25) is 5.02 Å². The van der Waals surface area contributed by atoms with Gasteiger partial charge in [0, 0.05) is 35.8 Å². The van der Waals surface area contributed by atoms with Crippen molar-refractivity contribution in [3.8, 4) is 0 Å². The first-order chi connectivity index (χ1) is 8.47. The van der Waals surface area contributed by atoms with E-state index in [1.54, 1.807) is 6.07 Å². The number of amides is 1. The minimum Gasteiger partial charge on any atom is -0.336 e. The number of nitrogens with zero attached hydrogens (tertiary/aromatic N) is 1. The standard InChI is InChI=1S/C14H19ClN2O/c1-9-4-5-12(15)6-13(9)14(18)17-7-10(2)16-11(3)8-17/h4-6,10-11,16H,7-8H2,1-3H3. The van der Waals surface area contributed by atoms with Gasteiger partial charge in [0.15, 0.2) is 0 Å². The lowest BCUT2D eigenvalue weighted by Crippen LogP contribution is -2.55. The van der Waals surface area contributed by atoms with Gasteiger partial charge in [-0.3, -0.25) is 4.79 Å². The van der Waals surface area contributed by atoms with Crippen molar-refractivity contribution < 1.29 is 4.79 Å². The normalized spacial score (nSPS) is 24.1. The second kappa shape index (κ2) is 5.29. The Labute approximate surface area is 113 Å². The molecule has 1 aliphatic rings. The molecule has 0 aliphatic carbocycles. The fourth-order valence-corrected chi connectivity index (χ4v) is 2.66. The van der Waals surface area contributed by atoms with E-state index in [2.05, 4.69) is 19.2 Å². The van der Waals surface area contributed by atoms with E-state index in [0.29, 0.717) is 22.7 Å². The number of nitrogens with one attached hydrogen (secondary N) is 1. The Kier molecular flexibility index (Phi) is 3.93. The molecule has 3 nitrogen and oxygen atoms in total. The van der Waals surface area contributed by atoms with Crippen molar-refractivity contribution in [3.05, 3.63) is 34.3 Å². The summed E-state index contributed by atoms with van der Waals surface area (Å²) in [4.78, 5) is 14.4. The average Bonchev–Trinajstić information content (AvgIpc) is 2.30. The first kappa shape index (κ1) is 13.4. The van der Waals surface area contributed by atoms with Crippen LogP contribution in [0.5, 0.6) is 0 Å². The highest BCUT2D eigenvalue weighted by Crippen LogP contribution is 2.18. The molecule has 98 valence electrons. The summed E-state index contributed by atoms with van der Waals surface area (Å²) in [6.07, 6.45) is 0. The number of rotatable bonds is 1. The minimum atomic E-state index is 0.0789. The van der Waals surface area contributed by atoms with Gasteiger partial charge >= 0.3 is 0 Å². The Balaban J connectivity index is 2.22. The monoisotopic (exact) mass is 266 g/mol. The van der Waals surface area contributed by atoms with Crippen molar-refractivity contribution in [2.24, 2.45) is 0 Å². The summed E-state index contributed by atoms with van der Waals surface area (Å²) < 4.78 is 0. The Hall–Kier alpha value is -1.06. The molecule has 1 amide bonds. The number of hydrogen-bond acceptors (Lipinski definition) is 2. The van der Waals surface area contributed by atoms with Gasteiger partial charge in [0.1, 0.15) is 0 Å². The van der Waals surface area contributed by atoms with Crippen LogP contribution in [-0.2, 0) is 0 Å². The van der Waals surface area contributed by atoms with Crippen LogP contribution in [0.25, 0.3) is 0 Å². The number of aryl methyl sites for hydroxylation is 1. The number of halogens is 1. The molecule has 1 heterocycles. The number of carbonyl (C=O) groups is 1. The largest absolute Gasteiger partial charge is 0.336 e. The number of hydrogen-bond donors (Lipinski definition) is 1. The molecule has 18 heavy (non-hydrogen) atoms. The van der Waals surface area contributed by atoms with Crippen LogP contribution < -0.4 is 5.32 Å². The molecule has 0 spiro atoms. The van der Waals surface area contributed by atoms with E-state index in [9.17, 15) is 4.79 Å². The van der Waals surface area contributed by atoms with Crippen molar-refractivity contribution in [2.45, 2.75) is 32.9 Å². The van der Waals surface area contributed by atoms with Crippen LogP contribution in [0, 0.1) is 6.92 Å². The van der Waals surface area contributed by atoms with E-state index >= 15 is 0 Å². The van der Waals surface area contributed by atoms with Gasteiger partial charge in [-0.1, -0.05) is 17.7 Å². The van der Waals surface area contributed by atoms with E-state index < -0.39 is 0 Å². The zero-order valence-electron chi connectivity index (χ0n) is 11.0. The molecule has 1 aromatic carbocycles. The Morgan fingerprint density at radius 2 is 1.94 bits per heavy atom. The molecule has 0 aromatic heterocycles. The predicted octanol–water partition coefficient (Wildman–Crippen LogP) is 2.47. The zero-order valence-corrected chi connectivity index (χ0v) is 11.8. The third-order valence-electron chi connectivity index (χ3n) is 3.27. The summed E-state index contributed by atoms with van der Waals surface area (Å²) in [6.45, 7) is 7.63. The maximum atomic E-state index is 12.5. The quantitative estimate of drug-likeness (QED) is 0.847. The smallest absolute Gasteiger partial charge is 0.254 e. The molecule has 1 aromatic rings. The summed E-state index contributed by atoms with van der Waals surface area (Å²) in [5.41, 5.74) is 1.69. The zero-order chi connectivity index (χ0) is 13.3. The first-order valence-electron chi connectivity index (χ1n) is 6.29. The van der Waals surface area contributed by atoms with Crippen LogP contribution in [0.15, 0.2) is 18.2 Å². The van der Waals surface area contributed by atoms with Crippen LogP contribution in [0.3, 0.4) is 0 Å². The highest BCUT2D eigenvalue weighted by Gasteiger charge is 2.26. The van der Waals surface area contributed by atoms with Gasteiger partial charge in [0.05, 0.1) is 0 Å². The molecule has 1 aliphatic heterocycles. The molecule has 2 rings (SSSR count). The summed E-state index contributed by atoms with van der Waals surface area (Å²) >= 11 is 5.97. The third-order valence-corrected chi connectivity index (χ3v) is 3.51. The lowest BCUT2D eigenvalue weighted by atomic mass is 10.1. The highest BCUT2D eigenvalue weighted by atomic mass is 35.5. The van der Waals surface area contributed by atoms with Gasteiger partial charge in [-0.05, 0) is 38.5 Å². The third kappa shape index (κ3) is 2.85. The second-order valence-electron chi connectivity index (χ2n) is 5.14. The number of carbonyl (C=O) groups excluding carboxylic acids is 1. The molecule has 0 radical (unpaired) electrons. The molecule has 4 heteroatoms. The molecule has 2 atom stereocenters. The van der Waals surface area contributed by atoms with Crippen LogP contribution >= 0.6 is 11.6 Å². The summed E-state index contributed by atoms with van der Waals surface area (Å²) in [6, 6.07) is 6.13. The van der Waals surface area contributed by atoms with Gasteiger partial charge in [-0.2, -0.15) is 0 Å². The molecule has 1 fully saturated rings. The lowest BCUT2D eigenvalue weighted by molar-refractivity contribution is 0.0673. The topological polar surface area (TPSA) is 32.3 Å². The van der Waals surface area contributed by atoms with E-state index in [1.807, 2.05) is 24.0 Å². The van der Waals surface area contributed by atoms with Crippen LogP contribution in [0.1, 0.15) is 29.8 Å². The average molecular weight is 267 g/mol. The molecule has 2 unspecified atom stereocenters. The summed E-state index contributed by atoms with van der Waals surface area (Å²) in [5, 5.41) is 4.03. The predicted molar refractivity (Wildman–Crippen MR) is 74.2 cm³/mol. The first-order valence-corrected chi connectivity index (χ1v) is 6.66. The summed E-state index contributed by atoms with van der Waals surface area (Å²) in [7, 11) is 0. The molecule has 0 saturated carbocycles. The van der Waals surface area contributed by atoms with E-state index in [-0.39, 0.29) is 5.91 Å². The maximum Gasteiger partial charge on any atom is 0.254 e. The van der Waals surface area contributed by atoms with Gasteiger partial charge in [-0.25, -0.2) is 0 Å². The number of piperazine rings is 1. The van der Waals surface area contributed by atoms with Crippen LogP contribution in [0.4, 0.5) is 0 Å². The molecular formula is C14H19ClN2O. The van der Waals surface area contributed by atoms with Crippen molar-refractivity contribution in [1.29, 1.82) is 0 Å². The van der Waals surface area contributed by atoms with Gasteiger partial charge in [0.2, 0.25) is 0 Å². The van der Waals surface area contributed by atoms with Gasteiger partial charge in [0.25, 0.3) is 5.91 Å². The lowest BCUT2D eigenvalue weighted by Gasteiger charge is -2.36. The van der Waals surface area contributed by atoms with E-state index in [0.717, 1.165) is 18.7 Å². The number of benzene rings is 1. The van der Waals surface area contributed by atoms with Crippen molar-refractivity contribution in [1.82, 2.24) is 10.2 Å². The Morgan fingerprint density at radius 3 is 2.56 bits per heavy atom. The SMILES string of the molecule is Cc1ccc(Cl)cc1C(=O)N1CC(C)NC(C)C1. The molecular weight excluding hydrogens is 248 g/mol. The fraction of sp³-hybridized carbons (Fsp3) is 0.500. The van der Waals surface area contributed by atoms with Crippen LogP contribution in [-0.4, -0.2) is 36.0 Å². The minimum absolute atomic E-state index is 0.0789.